The third-order valence-corrected chi connectivity index (χ3v) is 7.63. The van der Waals surface area contributed by atoms with Crippen molar-refractivity contribution < 1.29 is 43.5 Å². The zero-order chi connectivity index (χ0) is 35.7. The molecule has 0 saturated carbocycles. The summed E-state index contributed by atoms with van der Waals surface area (Å²) in [4.78, 5) is 26.6. The molecule has 0 heterocycles. The lowest BCUT2D eigenvalue weighted by Crippen LogP contribution is -2.18. The third kappa shape index (κ3) is 7.95. The number of hydrogen-bond acceptors (Lipinski definition) is 9. The van der Waals surface area contributed by atoms with Gasteiger partial charge in [-0.2, -0.15) is 0 Å². The van der Waals surface area contributed by atoms with Crippen molar-refractivity contribution in [3.8, 4) is 68.2 Å². The maximum atomic E-state index is 13.3. The highest BCUT2D eigenvalue weighted by Gasteiger charge is 2.24. The van der Waals surface area contributed by atoms with Crippen LogP contribution in [0.25, 0.3) is 22.3 Å². The Morgan fingerprint density at radius 2 is 0.843 bits per heavy atom. The van der Waals surface area contributed by atoms with Gasteiger partial charge in [0.1, 0.15) is 23.0 Å². The van der Waals surface area contributed by atoms with Gasteiger partial charge in [-0.15, -0.1) is 0 Å². The van der Waals surface area contributed by atoms with Crippen LogP contribution in [0.15, 0.2) is 133 Å². The lowest BCUT2D eigenvalue weighted by Gasteiger charge is -2.19. The Labute approximate surface area is 293 Å². The maximum Gasteiger partial charge on any atom is 0.417 e. The number of aromatic hydroxyl groups is 2. The number of hydrogen-bond donors (Lipinski definition) is 4. The van der Waals surface area contributed by atoms with E-state index >= 15 is 0 Å². The standard InChI is InChI=1S/C40H32N2O9/c1-47-27-21-17-25(18-22-27)41-39(45)50-37-31(29-9-3-5-13-33(29)43)11-7-15-35(37)49-36-16-8-12-32(30-10-4-6-14-34(30)44)38(36)51-40(46)42-26-19-23-28(48-2)24-20-26/h3-24,43-44H,1-2H3,(H,41,45)(H,42,46). The summed E-state index contributed by atoms with van der Waals surface area (Å²) in [7, 11) is 3.08. The van der Waals surface area contributed by atoms with E-state index in [-0.39, 0.29) is 34.5 Å². The highest BCUT2D eigenvalue weighted by atomic mass is 16.6. The number of ether oxygens (including phenoxy) is 5. The van der Waals surface area contributed by atoms with Crippen LogP contribution in [0.5, 0.6) is 46.0 Å². The molecular formula is C40H32N2O9. The fraction of sp³-hybridized carbons (Fsp3) is 0.0500. The third-order valence-electron chi connectivity index (χ3n) is 7.63. The van der Waals surface area contributed by atoms with Gasteiger partial charge in [-0.1, -0.05) is 60.7 Å². The molecule has 6 aromatic carbocycles. The van der Waals surface area contributed by atoms with E-state index in [9.17, 15) is 19.8 Å². The second-order valence-corrected chi connectivity index (χ2v) is 10.9. The van der Waals surface area contributed by atoms with E-state index in [1.165, 1.54) is 26.4 Å². The van der Waals surface area contributed by atoms with Crippen molar-refractivity contribution in [1.29, 1.82) is 0 Å². The molecule has 6 aromatic rings. The first kappa shape index (κ1) is 33.7. The zero-order valence-corrected chi connectivity index (χ0v) is 27.5. The van der Waals surface area contributed by atoms with Crippen LogP contribution in [-0.4, -0.2) is 36.6 Å². The van der Waals surface area contributed by atoms with Gasteiger partial charge in [0, 0.05) is 33.6 Å². The zero-order valence-electron chi connectivity index (χ0n) is 27.5. The SMILES string of the molecule is COc1ccc(NC(=O)Oc2c(Oc3cccc(-c4ccccc4O)c3OC(=O)Nc3ccc(OC)cc3)cccc2-c2ccccc2O)cc1. The molecule has 0 fully saturated rings. The van der Waals surface area contributed by atoms with E-state index < -0.39 is 12.2 Å². The summed E-state index contributed by atoms with van der Waals surface area (Å²) in [6.07, 6.45) is -1.68. The molecule has 6 rings (SSSR count). The Morgan fingerprint density at radius 1 is 0.471 bits per heavy atom. The number of carbonyl (C=O) groups is 2. The van der Waals surface area contributed by atoms with Crippen LogP contribution in [0.4, 0.5) is 21.0 Å². The first-order valence-electron chi connectivity index (χ1n) is 15.6. The summed E-state index contributed by atoms with van der Waals surface area (Å²) in [6.45, 7) is 0. The minimum Gasteiger partial charge on any atom is -0.507 e. The first-order chi connectivity index (χ1) is 24.8. The molecular weight excluding hydrogens is 652 g/mol. The highest BCUT2D eigenvalue weighted by molar-refractivity contribution is 5.91. The molecule has 256 valence electrons. The summed E-state index contributed by atoms with van der Waals surface area (Å²) in [5.41, 5.74) is 2.30. The average Bonchev–Trinajstić information content (AvgIpc) is 3.14. The van der Waals surface area contributed by atoms with E-state index in [1.807, 2.05) is 0 Å². The van der Waals surface area contributed by atoms with Crippen LogP contribution in [0.3, 0.4) is 0 Å². The van der Waals surface area contributed by atoms with Crippen LogP contribution in [0, 0.1) is 0 Å². The van der Waals surface area contributed by atoms with Crippen LogP contribution < -0.4 is 34.3 Å². The molecule has 0 aliphatic carbocycles. The molecule has 0 bridgehead atoms. The van der Waals surface area contributed by atoms with Gasteiger partial charge in [-0.25, -0.2) is 9.59 Å². The number of anilines is 2. The number of amides is 2. The largest absolute Gasteiger partial charge is 0.507 e. The molecule has 4 N–H and O–H groups in total. The average molecular weight is 685 g/mol. The number of benzene rings is 6. The molecule has 2 amide bonds. The van der Waals surface area contributed by atoms with Gasteiger partial charge in [-0.05, 0) is 72.8 Å². The molecule has 0 saturated heterocycles. The van der Waals surface area contributed by atoms with Gasteiger partial charge in [0.25, 0.3) is 0 Å². The van der Waals surface area contributed by atoms with E-state index in [1.54, 1.807) is 121 Å². The lowest BCUT2D eigenvalue weighted by atomic mass is 10.0. The molecule has 0 atom stereocenters. The summed E-state index contributed by atoms with van der Waals surface area (Å²) >= 11 is 0. The van der Waals surface area contributed by atoms with Gasteiger partial charge >= 0.3 is 12.2 Å². The van der Waals surface area contributed by atoms with Crippen LogP contribution >= 0.6 is 0 Å². The van der Waals surface area contributed by atoms with E-state index in [0.717, 1.165) is 0 Å². The highest BCUT2D eigenvalue weighted by Crippen LogP contribution is 2.47. The Kier molecular flexibility index (Phi) is 10.2. The number of phenols is 2. The molecule has 0 aromatic heterocycles. The fourth-order valence-corrected chi connectivity index (χ4v) is 5.17. The van der Waals surface area contributed by atoms with E-state index in [2.05, 4.69) is 10.6 Å². The topological polar surface area (TPSA) is 145 Å². The van der Waals surface area contributed by atoms with Crippen molar-refractivity contribution in [2.45, 2.75) is 0 Å². The fourth-order valence-electron chi connectivity index (χ4n) is 5.17. The van der Waals surface area contributed by atoms with Crippen molar-refractivity contribution in [3.63, 3.8) is 0 Å². The lowest BCUT2D eigenvalue weighted by molar-refractivity contribution is 0.212. The smallest absolute Gasteiger partial charge is 0.417 e. The van der Waals surface area contributed by atoms with Crippen molar-refractivity contribution in [2.24, 2.45) is 0 Å². The van der Waals surface area contributed by atoms with Gasteiger partial charge in [0.15, 0.2) is 23.0 Å². The molecule has 0 aliphatic rings. The number of para-hydroxylation sites is 4. The monoisotopic (exact) mass is 684 g/mol. The van der Waals surface area contributed by atoms with Crippen LogP contribution in [0.1, 0.15) is 0 Å². The Balaban J connectivity index is 1.40. The quantitative estimate of drug-likeness (QED) is 0.111. The van der Waals surface area contributed by atoms with E-state index in [4.69, 9.17) is 23.7 Å². The van der Waals surface area contributed by atoms with Gasteiger partial charge in [0.05, 0.1) is 14.2 Å². The molecule has 0 aliphatic heterocycles. The van der Waals surface area contributed by atoms with Crippen molar-refractivity contribution in [1.82, 2.24) is 0 Å². The second-order valence-electron chi connectivity index (χ2n) is 10.9. The summed E-state index contributed by atoms with van der Waals surface area (Å²) in [6, 6.07) is 36.3. The predicted molar refractivity (Wildman–Crippen MR) is 192 cm³/mol. The number of carbonyl (C=O) groups excluding carboxylic acids is 2. The normalized spacial score (nSPS) is 10.5. The number of phenolic OH excluding ortho intramolecular Hbond substituents is 2. The van der Waals surface area contributed by atoms with Crippen LogP contribution in [-0.2, 0) is 0 Å². The Morgan fingerprint density at radius 3 is 1.22 bits per heavy atom. The minimum absolute atomic E-state index is 0.0355. The Bertz CT molecular complexity index is 2010. The van der Waals surface area contributed by atoms with Crippen molar-refractivity contribution in [2.75, 3.05) is 24.9 Å². The first-order valence-corrected chi connectivity index (χ1v) is 15.6. The molecule has 11 nitrogen and oxygen atoms in total. The van der Waals surface area contributed by atoms with Gasteiger partial charge in [-0.3, -0.25) is 10.6 Å². The minimum atomic E-state index is -0.841. The maximum absolute atomic E-state index is 13.3. The van der Waals surface area contributed by atoms with Crippen molar-refractivity contribution >= 4 is 23.6 Å². The molecule has 0 spiro atoms. The van der Waals surface area contributed by atoms with Crippen molar-refractivity contribution in [3.05, 3.63) is 133 Å². The van der Waals surface area contributed by atoms with Gasteiger partial charge in [0.2, 0.25) is 0 Å². The molecule has 0 unspecified atom stereocenters. The summed E-state index contributed by atoms with van der Waals surface area (Å²) in [5.74, 6) is 1.13. The number of methoxy groups -OCH3 is 2. The second kappa shape index (κ2) is 15.4. The van der Waals surface area contributed by atoms with Crippen LogP contribution in [0.2, 0.25) is 0 Å². The molecule has 11 heteroatoms. The van der Waals surface area contributed by atoms with E-state index in [0.29, 0.717) is 45.1 Å². The molecule has 0 radical (unpaired) electrons. The predicted octanol–water partition coefficient (Wildman–Crippen LogP) is 9.46. The van der Waals surface area contributed by atoms with Gasteiger partial charge < -0.3 is 33.9 Å². The number of rotatable bonds is 10. The number of nitrogens with one attached hydrogen (secondary N) is 2. The molecule has 51 heavy (non-hydrogen) atoms. The summed E-state index contributed by atoms with van der Waals surface area (Å²) in [5, 5.41) is 26.9. The summed E-state index contributed by atoms with van der Waals surface area (Å²) < 4.78 is 28.6. The Hall–Kier alpha value is -7.14.